The van der Waals surface area contributed by atoms with Gasteiger partial charge in [0, 0.05) is 12.8 Å². The molecule has 1 aromatic carbocycles. The summed E-state index contributed by atoms with van der Waals surface area (Å²) < 4.78 is 0. The molecule has 0 saturated carbocycles. The van der Waals surface area contributed by atoms with Crippen molar-refractivity contribution in [2.24, 2.45) is 17.4 Å². The fourth-order valence-corrected chi connectivity index (χ4v) is 3.11. The molecule has 0 radical (unpaired) electrons. The number of nitrogens with two attached hydrogens (primary N) is 2. The number of carbonyl (C=O) groups is 5. The van der Waals surface area contributed by atoms with Crippen molar-refractivity contribution in [2.45, 2.75) is 70.6 Å². The van der Waals surface area contributed by atoms with Crippen LogP contribution in [-0.4, -0.2) is 58.9 Å². The van der Waals surface area contributed by atoms with Gasteiger partial charge in [-0.15, -0.1) is 0 Å². The highest BCUT2D eigenvalue weighted by Gasteiger charge is 2.31. The standard InChI is InChI=1S/C23H35N5O6/c1-4-13(2)19(23(33)34)28-22(32)17(12-15-8-6-5-7-9-15)27-20(30)14(3)26-21(31)16(24)10-11-18(25)29/h5-9,13-14,16-17,19H,4,10-12,24H2,1-3H3,(H2,25,29)(H,26,31)(H,27,30)(H,28,32)(H,33,34). The Balaban J connectivity index is 2.92. The van der Waals surface area contributed by atoms with Crippen LogP contribution in [-0.2, 0) is 30.4 Å². The summed E-state index contributed by atoms with van der Waals surface area (Å²) >= 11 is 0. The monoisotopic (exact) mass is 477 g/mol. The van der Waals surface area contributed by atoms with Crippen LogP contribution in [0, 0.1) is 5.92 Å². The van der Waals surface area contributed by atoms with Crippen LogP contribution >= 0.6 is 0 Å². The van der Waals surface area contributed by atoms with Crippen molar-refractivity contribution in [3.05, 3.63) is 35.9 Å². The van der Waals surface area contributed by atoms with Gasteiger partial charge in [-0.2, -0.15) is 0 Å². The van der Waals surface area contributed by atoms with Crippen molar-refractivity contribution in [3.63, 3.8) is 0 Å². The Hall–Kier alpha value is -3.47. The van der Waals surface area contributed by atoms with Gasteiger partial charge in [0.05, 0.1) is 6.04 Å². The molecule has 0 saturated heterocycles. The molecule has 5 atom stereocenters. The molecule has 0 aliphatic rings. The summed E-state index contributed by atoms with van der Waals surface area (Å²) in [4.78, 5) is 60.4. The minimum Gasteiger partial charge on any atom is -0.480 e. The highest BCUT2D eigenvalue weighted by atomic mass is 16.4. The molecule has 11 heteroatoms. The quantitative estimate of drug-likeness (QED) is 0.206. The Labute approximate surface area is 199 Å². The maximum absolute atomic E-state index is 13.0. The van der Waals surface area contributed by atoms with Crippen molar-refractivity contribution in [1.29, 1.82) is 0 Å². The highest BCUT2D eigenvalue weighted by Crippen LogP contribution is 2.10. The van der Waals surface area contributed by atoms with E-state index in [0.717, 1.165) is 5.56 Å². The summed E-state index contributed by atoms with van der Waals surface area (Å²) in [6, 6.07) is 4.65. The summed E-state index contributed by atoms with van der Waals surface area (Å²) in [6.45, 7) is 4.95. The van der Waals surface area contributed by atoms with E-state index >= 15 is 0 Å². The molecule has 188 valence electrons. The number of carbonyl (C=O) groups excluding carboxylic acids is 4. The third-order valence-corrected chi connectivity index (χ3v) is 5.48. The predicted molar refractivity (Wildman–Crippen MR) is 125 cm³/mol. The highest BCUT2D eigenvalue weighted by molar-refractivity contribution is 5.94. The van der Waals surface area contributed by atoms with E-state index in [4.69, 9.17) is 11.5 Å². The van der Waals surface area contributed by atoms with Gasteiger partial charge in [-0.3, -0.25) is 19.2 Å². The first-order chi connectivity index (χ1) is 16.0. The first-order valence-electron chi connectivity index (χ1n) is 11.2. The molecule has 4 amide bonds. The molecule has 1 rings (SSSR count). The van der Waals surface area contributed by atoms with E-state index in [1.54, 1.807) is 37.3 Å². The molecule has 0 bridgehead atoms. The number of hydrogen-bond acceptors (Lipinski definition) is 6. The Kier molecular flexibility index (Phi) is 11.7. The second kappa shape index (κ2) is 13.9. The number of benzene rings is 1. The van der Waals surface area contributed by atoms with Gasteiger partial charge in [0.15, 0.2) is 0 Å². The fourth-order valence-electron chi connectivity index (χ4n) is 3.11. The van der Waals surface area contributed by atoms with Crippen molar-refractivity contribution >= 4 is 29.6 Å². The first kappa shape index (κ1) is 28.6. The molecule has 8 N–H and O–H groups in total. The summed E-state index contributed by atoms with van der Waals surface area (Å²) in [5.41, 5.74) is 11.5. The van der Waals surface area contributed by atoms with E-state index in [-0.39, 0.29) is 25.2 Å². The van der Waals surface area contributed by atoms with E-state index < -0.39 is 53.8 Å². The summed E-state index contributed by atoms with van der Waals surface area (Å²) in [7, 11) is 0. The number of carboxylic acids is 1. The lowest BCUT2D eigenvalue weighted by atomic mass is 9.98. The maximum Gasteiger partial charge on any atom is 0.326 e. The number of amides is 4. The van der Waals surface area contributed by atoms with E-state index in [9.17, 15) is 29.1 Å². The molecular weight excluding hydrogens is 442 g/mol. The first-order valence-corrected chi connectivity index (χ1v) is 11.2. The van der Waals surface area contributed by atoms with Crippen LogP contribution < -0.4 is 27.4 Å². The maximum atomic E-state index is 13.0. The molecule has 11 nitrogen and oxygen atoms in total. The second-order valence-electron chi connectivity index (χ2n) is 8.30. The number of aliphatic carboxylic acids is 1. The van der Waals surface area contributed by atoms with Gasteiger partial charge in [-0.05, 0) is 24.8 Å². The van der Waals surface area contributed by atoms with Crippen molar-refractivity contribution in [1.82, 2.24) is 16.0 Å². The lowest BCUT2D eigenvalue weighted by Crippen LogP contribution is -2.57. The van der Waals surface area contributed by atoms with Crippen LogP contribution in [0.25, 0.3) is 0 Å². The minimum absolute atomic E-state index is 0.0285. The molecule has 0 aromatic heterocycles. The minimum atomic E-state index is -1.17. The lowest BCUT2D eigenvalue weighted by Gasteiger charge is -2.25. The second-order valence-corrected chi connectivity index (χ2v) is 8.30. The Bertz CT molecular complexity index is 863. The van der Waals surface area contributed by atoms with Gasteiger partial charge in [0.25, 0.3) is 0 Å². The lowest BCUT2D eigenvalue weighted by molar-refractivity contribution is -0.143. The predicted octanol–water partition coefficient (Wildman–Crippen LogP) is -0.573. The number of nitrogens with one attached hydrogen (secondary N) is 3. The van der Waals surface area contributed by atoms with Gasteiger partial charge in [-0.25, -0.2) is 4.79 Å². The molecular formula is C23H35N5O6. The average molecular weight is 478 g/mol. The van der Waals surface area contributed by atoms with Crippen LogP contribution in [0.5, 0.6) is 0 Å². The molecule has 0 heterocycles. The number of carboxylic acid groups (broad SMARTS) is 1. The Morgan fingerprint density at radius 2 is 1.56 bits per heavy atom. The normalized spacial score (nSPS) is 15.2. The molecule has 0 fully saturated rings. The molecule has 0 spiro atoms. The zero-order valence-electron chi connectivity index (χ0n) is 19.7. The van der Waals surface area contributed by atoms with E-state index in [1.165, 1.54) is 6.92 Å². The van der Waals surface area contributed by atoms with Gasteiger partial charge in [0.2, 0.25) is 23.6 Å². The average Bonchev–Trinajstić information content (AvgIpc) is 2.79. The number of rotatable bonds is 14. The van der Waals surface area contributed by atoms with Crippen molar-refractivity contribution in [3.8, 4) is 0 Å². The van der Waals surface area contributed by atoms with Crippen LogP contribution in [0.1, 0.15) is 45.6 Å². The zero-order valence-corrected chi connectivity index (χ0v) is 19.7. The largest absolute Gasteiger partial charge is 0.480 e. The number of primary amides is 1. The molecule has 5 unspecified atom stereocenters. The van der Waals surface area contributed by atoms with Crippen molar-refractivity contribution < 1.29 is 29.1 Å². The smallest absolute Gasteiger partial charge is 0.326 e. The van der Waals surface area contributed by atoms with Gasteiger partial charge < -0.3 is 32.5 Å². The van der Waals surface area contributed by atoms with Crippen LogP contribution in [0.3, 0.4) is 0 Å². The molecule has 0 aliphatic heterocycles. The topological polar surface area (TPSA) is 194 Å². The SMILES string of the molecule is CCC(C)C(NC(=O)C(Cc1ccccc1)NC(=O)C(C)NC(=O)C(N)CCC(N)=O)C(=O)O. The fraction of sp³-hybridized carbons (Fsp3) is 0.522. The summed E-state index contributed by atoms with van der Waals surface area (Å²) in [5.74, 6) is -4.03. The van der Waals surface area contributed by atoms with Crippen LogP contribution in [0.2, 0.25) is 0 Å². The van der Waals surface area contributed by atoms with Crippen molar-refractivity contribution in [2.75, 3.05) is 0 Å². The zero-order chi connectivity index (χ0) is 25.8. The summed E-state index contributed by atoms with van der Waals surface area (Å²) in [5, 5.41) is 17.0. The molecule has 0 aliphatic carbocycles. The van der Waals surface area contributed by atoms with Gasteiger partial charge >= 0.3 is 5.97 Å². The van der Waals surface area contributed by atoms with E-state index in [2.05, 4.69) is 16.0 Å². The van der Waals surface area contributed by atoms with Crippen LogP contribution in [0.4, 0.5) is 0 Å². The molecule has 34 heavy (non-hydrogen) atoms. The number of hydrogen-bond donors (Lipinski definition) is 6. The van der Waals surface area contributed by atoms with E-state index in [0.29, 0.717) is 6.42 Å². The van der Waals surface area contributed by atoms with Crippen LogP contribution in [0.15, 0.2) is 30.3 Å². The third-order valence-electron chi connectivity index (χ3n) is 5.48. The van der Waals surface area contributed by atoms with E-state index in [1.807, 2.05) is 6.92 Å². The Morgan fingerprint density at radius 3 is 2.09 bits per heavy atom. The summed E-state index contributed by atoms with van der Waals surface area (Å²) in [6.07, 6.45) is 0.603. The third kappa shape index (κ3) is 9.57. The van der Waals surface area contributed by atoms with Gasteiger partial charge in [-0.1, -0.05) is 50.6 Å². The Morgan fingerprint density at radius 1 is 0.941 bits per heavy atom. The molecule has 1 aromatic rings. The van der Waals surface area contributed by atoms with Gasteiger partial charge in [0.1, 0.15) is 18.1 Å².